The summed E-state index contributed by atoms with van der Waals surface area (Å²) in [5.74, 6) is 0. The third-order valence-corrected chi connectivity index (χ3v) is 1.95. The number of hydrogen-bond donors (Lipinski definition) is 1. The monoisotopic (exact) mass is 165 g/mol. The van der Waals surface area contributed by atoms with Crippen LogP contribution in [-0.2, 0) is 0 Å². The fourth-order valence-corrected chi connectivity index (χ4v) is 1.42. The molecule has 0 saturated heterocycles. The van der Waals surface area contributed by atoms with Crippen molar-refractivity contribution in [2.24, 2.45) is 0 Å². The molecule has 1 aromatic heterocycles. The van der Waals surface area contributed by atoms with Gasteiger partial charge in [-0.05, 0) is 24.6 Å². The lowest BCUT2D eigenvalue weighted by atomic mass is 10.2. The normalized spacial score (nSPS) is 10.7. The molecule has 1 aromatic carbocycles. The quantitative estimate of drug-likeness (QED) is 0.618. The highest BCUT2D eigenvalue weighted by atomic mass is 35.5. The predicted octanol–water partition coefficient (Wildman–Crippen LogP) is 3.13. The van der Waals surface area contributed by atoms with Crippen LogP contribution in [0.25, 0.3) is 10.9 Å². The van der Waals surface area contributed by atoms with E-state index in [1.54, 1.807) is 0 Å². The number of aryl methyl sites for hydroxylation is 1. The zero-order valence-corrected chi connectivity index (χ0v) is 6.94. The maximum atomic E-state index is 5.78. The molecule has 1 N–H and O–H groups in total. The van der Waals surface area contributed by atoms with Crippen molar-refractivity contribution in [2.75, 3.05) is 0 Å². The van der Waals surface area contributed by atoms with Gasteiger partial charge >= 0.3 is 0 Å². The fourth-order valence-electron chi connectivity index (χ4n) is 1.21. The Labute approximate surface area is 70.0 Å². The summed E-state index contributed by atoms with van der Waals surface area (Å²) in [6, 6.07) is 8.15. The van der Waals surface area contributed by atoms with Gasteiger partial charge in [0.25, 0.3) is 0 Å². The van der Waals surface area contributed by atoms with Crippen LogP contribution in [0.2, 0.25) is 5.15 Å². The van der Waals surface area contributed by atoms with E-state index in [9.17, 15) is 0 Å². The van der Waals surface area contributed by atoms with Gasteiger partial charge in [-0.2, -0.15) is 0 Å². The van der Waals surface area contributed by atoms with E-state index >= 15 is 0 Å². The van der Waals surface area contributed by atoms with Crippen molar-refractivity contribution in [1.29, 1.82) is 0 Å². The minimum Gasteiger partial charge on any atom is -0.346 e. The topological polar surface area (TPSA) is 15.8 Å². The van der Waals surface area contributed by atoms with Crippen molar-refractivity contribution < 1.29 is 0 Å². The molecule has 0 atom stereocenters. The second kappa shape index (κ2) is 2.28. The predicted molar refractivity (Wildman–Crippen MR) is 48.0 cm³/mol. The standard InChI is InChI=1S/C9H8ClN/c1-6-2-3-7-5-9(10)11-8(7)4-6/h2-5,11H,1H3. The van der Waals surface area contributed by atoms with Crippen LogP contribution in [0.4, 0.5) is 0 Å². The van der Waals surface area contributed by atoms with Crippen molar-refractivity contribution >= 4 is 22.5 Å². The Morgan fingerprint density at radius 2 is 2.09 bits per heavy atom. The number of nitrogens with one attached hydrogen (secondary N) is 1. The minimum absolute atomic E-state index is 0.700. The Morgan fingerprint density at radius 3 is 2.91 bits per heavy atom. The van der Waals surface area contributed by atoms with Gasteiger partial charge in [0.15, 0.2) is 0 Å². The van der Waals surface area contributed by atoms with Crippen LogP contribution in [-0.4, -0.2) is 4.98 Å². The molecular weight excluding hydrogens is 158 g/mol. The molecule has 0 fully saturated rings. The number of fused-ring (bicyclic) bond motifs is 1. The second-order valence-corrected chi connectivity index (χ2v) is 3.12. The molecule has 2 heteroatoms. The average molecular weight is 166 g/mol. The molecule has 0 radical (unpaired) electrons. The summed E-state index contributed by atoms with van der Waals surface area (Å²) in [6.45, 7) is 2.06. The summed E-state index contributed by atoms with van der Waals surface area (Å²) >= 11 is 5.78. The first-order valence-corrected chi connectivity index (χ1v) is 3.88. The van der Waals surface area contributed by atoms with E-state index in [0.717, 1.165) is 5.52 Å². The van der Waals surface area contributed by atoms with E-state index in [1.807, 2.05) is 6.07 Å². The average Bonchev–Trinajstić information content (AvgIpc) is 2.27. The number of aromatic nitrogens is 1. The highest BCUT2D eigenvalue weighted by Gasteiger charge is 1.96. The maximum absolute atomic E-state index is 5.78. The zero-order valence-electron chi connectivity index (χ0n) is 6.19. The molecule has 1 nitrogen and oxygen atoms in total. The fraction of sp³-hybridized carbons (Fsp3) is 0.111. The van der Waals surface area contributed by atoms with Gasteiger partial charge in [-0.3, -0.25) is 0 Å². The molecule has 1 heterocycles. The van der Waals surface area contributed by atoms with Crippen LogP contribution in [0, 0.1) is 6.92 Å². The van der Waals surface area contributed by atoms with Gasteiger partial charge in [0, 0.05) is 10.9 Å². The lowest BCUT2D eigenvalue weighted by Gasteiger charge is -1.90. The molecular formula is C9H8ClN. The van der Waals surface area contributed by atoms with Crippen LogP contribution >= 0.6 is 11.6 Å². The second-order valence-electron chi connectivity index (χ2n) is 2.71. The minimum atomic E-state index is 0.700. The molecule has 0 spiro atoms. The van der Waals surface area contributed by atoms with Crippen molar-refractivity contribution in [1.82, 2.24) is 4.98 Å². The summed E-state index contributed by atoms with van der Waals surface area (Å²) in [5, 5.41) is 1.87. The van der Waals surface area contributed by atoms with Gasteiger partial charge in [-0.25, -0.2) is 0 Å². The van der Waals surface area contributed by atoms with E-state index in [0.29, 0.717) is 5.15 Å². The first kappa shape index (κ1) is 6.74. The number of rotatable bonds is 0. The summed E-state index contributed by atoms with van der Waals surface area (Å²) in [6.07, 6.45) is 0. The number of benzene rings is 1. The summed E-state index contributed by atoms with van der Waals surface area (Å²) in [7, 11) is 0. The molecule has 0 bridgehead atoms. The third kappa shape index (κ3) is 1.12. The molecule has 0 aliphatic carbocycles. The van der Waals surface area contributed by atoms with Gasteiger partial charge in [0.2, 0.25) is 0 Å². The van der Waals surface area contributed by atoms with E-state index in [2.05, 4.69) is 30.1 Å². The molecule has 0 aliphatic rings. The van der Waals surface area contributed by atoms with Crippen LogP contribution in [0.5, 0.6) is 0 Å². The van der Waals surface area contributed by atoms with Crippen LogP contribution in [0.3, 0.4) is 0 Å². The van der Waals surface area contributed by atoms with Gasteiger partial charge in [-0.15, -0.1) is 0 Å². The van der Waals surface area contributed by atoms with Crippen molar-refractivity contribution in [3.63, 3.8) is 0 Å². The smallest absolute Gasteiger partial charge is 0.107 e. The lowest BCUT2D eigenvalue weighted by Crippen LogP contribution is -1.70. The number of H-pyrrole nitrogens is 1. The highest BCUT2D eigenvalue weighted by Crippen LogP contribution is 2.19. The lowest BCUT2D eigenvalue weighted by molar-refractivity contribution is 1.44. The molecule has 0 saturated carbocycles. The SMILES string of the molecule is Cc1ccc2cc(Cl)[nH]c2c1. The largest absolute Gasteiger partial charge is 0.346 e. The Hall–Kier alpha value is -0.950. The Kier molecular flexibility index (Phi) is 1.40. The molecule has 2 rings (SSSR count). The summed E-state index contributed by atoms with van der Waals surface area (Å²) in [4.78, 5) is 3.06. The van der Waals surface area contributed by atoms with Crippen LogP contribution in [0.15, 0.2) is 24.3 Å². The summed E-state index contributed by atoms with van der Waals surface area (Å²) in [5.41, 5.74) is 2.35. The third-order valence-electron chi connectivity index (χ3n) is 1.75. The number of halogens is 1. The van der Waals surface area contributed by atoms with E-state index in [-0.39, 0.29) is 0 Å². The summed E-state index contributed by atoms with van der Waals surface area (Å²) < 4.78 is 0. The Balaban J connectivity index is 2.82. The number of hydrogen-bond acceptors (Lipinski definition) is 0. The van der Waals surface area contributed by atoms with Crippen molar-refractivity contribution in [3.8, 4) is 0 Å². The molecule has 0 aliphatic heterocycles. The maximum Gasteiger partial charge on any atom is 0.107 e. The van der Waals surface area contributed by atoms with Gasteiger partial charge in [-0.1, -0.05) is 23.7 Å². The zero-order chi connectivity index (χ0) is 7.84. The van der Waals surface area contributed by atoms with E-state index in [1.165, 1.54) is 10.9 Å². The van der Waals surface area contributed by atoms with Crippen LogP contribution in [0.1, 0.15) is 5.56 Å². The van der Waals surface area contributed by atoms with Crippen molar-refractivity contribution in [2.45, 2.75) is 6.92 Å². The Morgan fingerprint density at radius 1 is 1.27 bits per heavy atom. The van der Waals surface area contributed by atoms with E-state index < -0.39 is 0 Å². The van der Waals surface area contributed by atoms with E-state index in [4.69, 9.17) is 11.6 Å². The molecule has 0 unspecified atom stereocenters. The van der Waals surface area contributed by atoms with Gasteiger partial charge < -0.3 is 4.98 Å². The highest BCUT2D eigenvalue weighted by molar-refractivity contribution is 6.30. The molecule has 2 aromatic rings. The van der Waals surface area contributed by atoms with Gasteiger partial charge in [0.1, 0.15) is 5.15 Å². The Bertz CT molecular complexity index is 389. The number of aromatic amines is 1. The first-order valence-electron chi connectivity index (χ1n) is 3.50. The molecule has 56 valence electrons. The van der Waals surface area contributed by atoms with Crippen LogP contribution < -0.4 is 0 Å². The van der Waals surface area contributed by atoms with Gasteiger partial charge in [0.05, 0.1) is 0 Å². The molecule has 11 heavy (non-hydrogen) atoms. The molecule has 0 amide bonds. The van der Waals surface area contributed by atoms with Crippen molar-refractivity contribution in [3.05, 3.63) is 35.0 Å². The first-order chi connectivity index (χ1) is 5.25.